The van der Waals surface area contributed by atoms with Gasteiger partial charge in [-0.15, -0.1) is 0 Å². The Bertz CT molecular complexity index is 387. The summed E-state index contributed by atoms with van der Waals surface area (Å²) >= 11 is 0. The third-order valence-electron chi connectivity index (χ3n) is 3.00. The normalized spacial score (nSPS) is 14.8. The van der Waals surface area contributed by atoms with Gasteiger partial charge in [0.25, 0.3) is 0 Å². The fourth-order valence-corrected chi connectivity index (χ4v) is 1.24. The highest BCUT2D eigenvalue weighted by atomic mass is 16.6. The summed E-state index contributed by atoms with van der Waals surface area (Å²) in [5.41, 5.74) is 0.188. The number of hydrogen-bond acceptors (Lipinski definition) is 6. The predicted octanol–water partition coefficient (Wildman–Crippen LogP) is 0.871. The van der Waals surface area contributed by atoms with E-state index in [1.807, 2.05) is 0 Å². The molecule has 3 atom stereocenters. The number of hydrogen-bond donors (Lipinski definition) is 1. The molecule has 0 saturated heterocycles. The average molecular weight is 286 g/mol. The monoisotopic (exact) mass is 286 g/mol. The molecule has 0 aliphatic rings. The van der Waals surface area contributed by atoms with Crippen LogP contribution in [0.3, 0.4) is 0 Å². The third-order valence-corrected chi connectivity index (χ3v) is 3.00. The van der Waals surface area contributed by atoms with Gasteiger partial charge in [-0.1, -0.05) is 20.4 Å². The van der Waals surface area contributed by atoms with Crippen LogP contribution in [0.2, 0.25) is 0 Å². The molecule has 0 radical (unpaired) electrons. The molecular formula is C14H22O6. The van der Waals surface area contributed by atoms with Gasteiger partial charge in [0.05, 0.1) is 12.5 Å². The number of esters is 2. The Morgan fingerprint density at radius 3 is 2.10 bits per heavy atom. The van der Waals surface area contributed by atoms with Crippen molar-refractivity contribution in [2.24, 2.45) is 11.8 Å². The predicted molar refractivity (Wildman–Crippen MR) is 71.7 cm³/mol. The Hall–Kier alpha value is -1.69. The van der Waals surface area contributed by atoms with E-state index in [2.05, 4.69) is 6.58 Å². The average Bonchev–Trinajstić information content (AvgIpc) is 2.40. The molecule has 0 rings (SSSR count). The van der Waals surface area contributed by atoms with Crippen molar-refractivity contribution in [1.29, 1.82) is 0 Å². The van der Waals surface area contributed by atoms with Crippen molar-refractivity contribution in [3.05, 3.63) is 12.2 Å². The molecule has 3 unspecified atom stereocenters. The number of ether oxygens (including phenoxy) is 2. The smallest absolute Gasteiger partial charge is 0.333 e. The van der Waals surface area contributed by atoms with Crippen LogP contribution in [0.15, 0.2) is 12.2 Å². The van der Waals surface area contributed by atoms with Crippen molar-refractivity contribution in [2.45, 2.75) is 33.8 Å². The molecule has 0 fully saturated rings. The lowest BCUT2D eigenvalue weighted by atomic mass is 9.93. The summed E-state index contributed by atoms with van der Waals surface area (Å²) in [6.07, 6.45) is -0.942. The van der Waals surface area contributed by atoms with Crippen molar-refractivity contribution < 1.29 is 29.0 Å². The zero-order valence-corrected chi connectivity index (χ0v) is 12.3. The number of rotatable bonds is 8. The summed E-state index contributed by atoms with van der Waals surface area (Å²) in [5.74, 6) is -2.39. The van der Waals surface area contributed by atoms with Gasteiger partial charge in [-0.3, -0.25) is 9.59 Å². The largest absolute Gasteiger partial charge is 0.461 e. The molecule has 0 amide bonds. The van der Waals surface area contributed by atoms with Gasteiger partial charge in [0.15, 0.2) is 6.10 Å². The van der Waals surface area contributed by atoms with E-state index < -0.39 is 36.5 Å². The van der Waals surface area contributed by atoms with Crippen LogP contribution in [0.5, 0.6) is 0 Å². The lowest BCUT2D eigenvalue weighted by Crippen LogP contribution is -2.32. The summed E-state index contributed by atoms with van der Waals surface area (Å²) in [4.78, 5) is 34.2. The molecule has 1 N–H and O–H groups in total. The highest BCUT2D eigenvalue weighted by Crippen LogP contribution is 2.14. The van der Waals surface area contributed by atoms with Gasteiger partial charge in [0.2, 0.25) is 0 Å². The number of aliphatic hydroxyl groups excluding tert-OH is 1. The van der Waals surface area contributed by atoms with Crippen molar-refractivity contribution in [3.63, 3.8) is 0 Å². The molecule has 0 spiro atoms. The number of Topliss-reactive ketones (excluding diaryl/α,β-unsaturated/α-hetero) is 1. The Balaban J connectivity index is 4.36. The van der Waals surface area contributed by atoms with E-state index in [1.165, 1.54) is 13.8 Å². The maximum atomic E-state index is 11.7. The minimum atomic E-state index is -0.942. The maximum Gasteiger partial charge on any atom is 0.333 e. The lowest BCUT2D eigenvalue weighted by Gasteiger charge is -2.19. The van der Waals surface area contributed by atoms with E-state index in [1.54, 1.807) is 13.8 Å². The van der Waals surface area contributed by atoms with E-state index in [0.717, 1.165) is 0 Å². The van der Waals surface area contributed by atoms with Gasteiger partial charge in [-0.2, -0.15) is 0 Å². The first kappa shape index (κ1) is 18.3. The highest BCUT2D eigenvalue weighted by molar-refractivity contribution is 5.87. The number of aliphatic hydroxyl groups is 1. The van der Waals surface area contributed by atoms with Crippen molar-refractivity contribution in [3.8, 4) is 0 Å². The van der Waals surface area contributed by atoms with E-state index >= 15 is 0 Å². The minimum Gasteiger partial charge on any atom is -0.461 e. The van der Waals surface area contributed by atoms with Crippen molar-refractivity contribution in [1.82, 2.24) is 0 Å². The van der Waals surface area contributed by atoms with Gasteiger partial charge in [-0.05, 0) is 13.8 Å². The molecule has 0 saturated carbocycles. The summed E-state index contributed by atoms with van der Waals surface area (Å²) in [6.45, 7) is 8.77. The Kier molecular flexibility index (Phi) is 7.76. The Morgan fingerprint density at radius 1 is 1.15 bits per heavy atom. The van der Waals surface area contributed by atoms with Gasteiger partial charge >= 0.3 is 11.9 Å². The zero-order chi connectivity index (χ0) is 15.9. The summed E-state index contributed by atoms with van der Waals surface area (Å²) in [5, 5.41) is 9.05. The molecule has 20 heavy (non-hydrogen) atoms. The molecule has 0 aromatic heterocycles. The lowest BCUT2D eigenvalue weighted by molar-refractivity contribution is -0.162. The molecule has 0 heterocycles. The fourth-order valence-electron chi connectivity index (χ4n) is 1.24. The van der Waals surface area contributed by atoms with Crippen LogP contribution in [0.1, 0.15) is 27.7 Å². The Morgan fingerprint density at radius 2 is 1.70 bits per heavy atom. The van der Waals surface area contributed by atoms with Crippen LogP contribution in [0.4, 0.5) is 0 Å². The molecule has 6 nitrogen and oxygen atoms in total. The van der Waals surface area contributed by atoms with Gasteiger partial charge < -0.3 is 14.6 Å². The maximum absolute atomic E-state index is 11.7. The SMILES string of the molecule is C=C(C)C(=O)OC(CO)COC(=O)C(C)C(C)C(C)=O. The summed E-state index contributed by atoms with van der Waals surface area (Å²) < 4.78 is 9.82. The van der Waals surface area contributed by atoms with Gasteiger partial charge in [0.1, 0.15) is 12.4 Å². The van der Waals surface area contributed by atoms with Crippen molar-refractivity contribution in [2.75, 3.05) is 13.2 Å². The first-order valence-electron chi connectivity index (χ1n) is 6.35. The number of carbonyl (C=O) groups is 3. The highest BCUT2D eigenvalue weighted by Gasteiger charge is 2.26. The molecule has 0 aromatic rings. The summed E-state index contributed by atoms with van der Waals surface area (Å²) in [6, 6.07) is 0. The molecule has 0 bridgehead atoms. The molecule has 0 aliphatic heterocycles. The molecule has 0 aliphatic carbocycles. The van der Waals surface area contributed by atoms with Gasteiger partial charge in [0, 0.05) is 11.5 Å². The van der Waals surface area contributed by atoms with Gasteiger partial charge in [-0.25, -0.2) is 4.79 Å². The zero-order valence-electron chi connectivity index (χ0n) is 12.3. The second kappa shape index (κ2) is 8.47. The number of carbonyl (C=O) groups excluding carboxylic acids is 3. The first-order valence-corrected chi connectivity index (χ1v) is 6.35. The quantitative estimate of drug-likeness (QED) is 0.526. The summed E-state index contributed by atoms with van der Waals surface area (Å²) in [7, 11) is 0. The Labute approximate surface area is 118 Å². The second-order valence-corrected chi connectivity index (χ2v) is 4.81. The van der Waals surface area contributed by atoms with Crippen molar-refractivity contribution >= 4 is 17.7 Å². The molecule has 6 heteroatoms. The number of ketones is 1. The first-order chi connectivity index (χ1) is 9.20. The van der Waals surface area contributed by atoms with E-state index in [0.29, 0.717) is 0 Å². The second-order valence-electron chi connectivity index (χ2n) is 4.81. The van der Waals surface area contributed by atoms with Crippen LogP contribution in [0, 0.1) is 11.8 Å². The molecular weight excluding hydrogens is 264 g/mol. The van der Waals surface area contributed by atoms with Crippen LogP contribution in [0.25, 0.3) is 0 Å². The van der Waals surface area contributed by atoms with Crippen LogP contribution >= 0.6 is 0 Å². The van der Waals surface area contributed by atoms with E-state index in [4.69, 9.17) is 14.6 Å². The minimum absolute atomic E-state index is 0.109. The fraction of sp³-hybridized carbons (Fsp3) is 0.643. The van der Waals surface area contributed by atoms with E-state index in [-0.39, 0.29) is 18.0 Å². The molecule has 114 valence electrons. The van der Waals surface area contributed by atoms with Crippen LogP contribution in [-0.2, 0) is 23.9 Å². The van der Waals surface area contributed by atoms with Crippen LogP contribution in [-0.4, -0.2) is 42.1 Å². The van der Waals surface area contributed by atoms with Crippen LogP contribution < -0.4 is 0 Å². The van der Waals surface area contributed by atoms with E-state index in [9.17, 15) is 14.4 Å². The standard InChI is InChI=1S/C14H22O6/c1-8(2)13(17)20-12(6-15)7-19-14(18)10(4)9(3)11(5)16/h9-10,12,15H,1,6-7H2,2-5H3. The topological polar surface area (TPSA) is 89.9 Å². The molecule has 0 aromatic carbocycles. The third kappa shape index (κ3) is 5.97.